The minimum absolute atomic E-state index is 0.120. The van der Waals surface area contributed by atoms with E-state index in [2.05, 4.69) is 5.32 Å². The van der Waals surface area contributed by atoms with Crippen molar-refractivity contribution in [1.29, 1.82) is 0 Å². The van der Waals surface area contributed by atoms with Gasteiger partial charge in [0, 0.05) is 17.0 Å². The molecule has 0 unspecified atom stereocenters. The average Bonchev–Trinajstić information content (AvgIpc) is 2.69. The number of para-hydroxylation sites is 1. The molecule has 0 spiro atoms. The van der Waals surface area contributed by atoms with Gasteiger partial charge in [-0.1, -0.05) is 48.3 Å². The monoisotopic (exact) mass is 432 g/mol. The highest BCUT2D eigenvalue weighted by molar-refractivity contribution is 6.35. The van der Waals surface area contributed by atoms with Crippen LogP contribution in [0.15, 0.2) is 57.7 Å². The summed E-state index contributed by atoms with van der Waals surface area (Å²) in [6.07, 6.45) is 0.607. The van der Waals surface area contributed by atoms with Crippen LogP contribution < -0.4 is 10.9 Å². The van der Waals surface area contributed by atoms with Gasteiger partial charge >= 0.3 is 5.63 Å². The molecule has 3 aromatic rings. The van der Waals surface area contributed by atoms with Gasteiger partial charge in [0.2, 0.25) is 5.91 Å². The van der Waals surface area contributed by atoms with E-state index in [-0.39, 0.29) is 12.1 Å². The predicted octanol–water partition coefficient (Wildman–Crippen LogP) is 4.59. The summed E-state index contributed by atoms with van der Waals surface area (Å²) in [4.78, 5) is 39.0. The molecule has 150 valence electrons. The first-order valence-corrected chi connectivity index (χ1v) is 9.71. The standard InChI is InChI=1S/C21H18Cl2N2O4/c1-2-9-25(12-19(26)24-17-11-14(22)7-8-16(17)23)20(27)15-10-13-5-3-4-6-18(13)29-21(15)28/h3-8,10-11H,2,9,12H2,1H3,(H,24,26). The highest BCUT2D eigenvalue weighted by Gasteiger charge is 2.22. The number of hydrogen-bond acceptors (Lipinski definition) is 4. The lowest BCUT2D eigenvalue weighted by molar-refractivity contribution is -0.116. The Hall–Kier alpha value is -2.83. The van der Waals surface area contributed by atoms with Crippen molar-refractivity contribution >= 4 is 51.7 Å². The zero-order chi connectivity index (χ0) is 21.0. The number of anilines is 1. The summed E-state index contributed by atoms with van der Waals surface area (Å²) in [7, 11) is 0. The summed E-state index contributed by atoms with van der Waals surface area (Å²) >= 11 is 12.0. The largest absolute Gasteiger partial charge is 0.422 e. The molecule has 0 atom stereocenters. The van der Waals surface area contributed by atoms with Gasteiger partial charge in [-0.05, 0) is 36.8 Å². The maximum Gasteiger partial charge on any atom is 0.349 e. The molecule has 2 aromatic carbocycles. The van der Waals surface area contributed by atoms with E-state index < -0.39 is 17.4 Å². The fraction of sp³-hybridized carbons (Fsp3) is 0.190. The zero-order valence-corrected chi connectivity index (χ0v) is 17.1. The van der Waals surface area contributed by atoms with Crippen molar-refractivity contribution in [2.75, 3.05) is 18.4 Å². The fourth-order valence-corrected chi connectivity index (χ4v) is 3.20. The number of benzene rings is 2. The second kappa shape index (κ2) is 9.11. The lowest BCUT2D eigenvalue weighted by Crippen LogP contribution is -2.40. The van der Waals surface area contributed by atoms with Gasteiger partial charge in [0.05, 0.1) is 10.7 Å². The molecule has 0 fully saturated rings. The van der Waals surface area contributed by atoms with Gasteiger partial charge < -0.3 is 14.6 Å². The number of rotatable bonds is 6. The minimum atomic E-state index is -0.743. The van der Waals surface area contributed by atoms with Crippen LogP contribution in [0.3, 0.4) is 0 Å². The third-order valence-corrected chi connectivity index (χ3v) is 4.75. The van der Waals surface area contributed by atoms with E-state index in [1.54, 1.807) is 36.4 Å². The Kier molecular flexibility index (Phi) is 6.56. The lowest BCUT2D eigenvalue weighted by atomic mass is 10.1. The molecule has 1 aromatic heterocycles. The molecular weight excluding hydrogens is 415 g/mol. The third-order valence-electron chi connectivity index (χ3n) is 4.19. The summed E-state index contributed by atoms with van der Waals surface area (Å²) in [6, 6.07) is 13.1. The van der Waals surface area contributed by atoms with E-state index in [1.807, 2.05) is 6.92 Å². The molecule has 0 bridgehead atoms. The van der Waals surface area contributed by atoms with Crippen LogP contribution in [0.5, 0.6) is 0 Å². The first kappa shape index (κ1) is 20.9. The Morgan fingerprint density at radius 3 is 2.62 bits per heavy atom. The van der Waals surface area contributed by atoms with Gasteiger partial charge in [0.15, 0.2) is 0 Å². The Bertz CT molecular complexity index is 1130. The number of halogens is 2. The van der Waals surface area contributed by atoms with Gasteiger partial charge in [0.25, 0.3) is 5.91 Å². The zero-order valence-electron chi connectivity index (χ0n) is 15.6. The molecule has 29 heavy (non-hydrogen) atoms. The Morgan fingerprint density at radius 1 is 1.10 bits per heavy atom. The van der Waals surface area contributed by atoms with Crippen LogP contribution in [0.1, 0.15) is 23.7 Å². The number of carbonyl (C=O) groups excluding carboxylic acids is 2. The minimum Gasteiger partial charge on any atom is -0.422 e. The summed E-state index contributed by atoms with van der Waals surface area (Å²) < 4.78 is 5.24. The molecule has 0 aliphatic carbocycles. The smallest absolute Gasteiger partial charge is 0.349 e. The van der Waals surface area contributed by atoms with Crippen molar-refractivity contribution in [3.63, 3.8) is 0 Å². The predicted molar refractivity (Wildman–Crippen MR) is 114 cm³/mol. The Labute approximate surface area is 177 Å². The second-order valence-corrected chi connectivity index (χ2v) is 7.23. The number of carbonyl (C=O) groups is 2. The van der Waals surface area contributed by atoms with Crippen molar-refractivity contribution in [3.05, 3.63) is 74.6 Å². The SMILES string of the molecule is CCCN(CC(=O)Nc1cc(Cl)ccc1Cl)C(=O)c1cc2ccccc2oc1=O. The van der Waals surface area contributed by atoms with Crippen LogP contribution in [-0.4, -0.2) is 29.8 Å². The van der Waals surface area contributed by atoms with Crippen LogP contribution in [0.25, 0.3) is 11.0 Å². The van der Waals surface area contributed by atoms with Crippen LogP contribution in [-0.2, 0) is 4.79 Å². The van der Waals surface area contributed by atoms with Crippen molar-refractivity contribution in [3.8, 4) is 0 Å². The molecule has 0 saturated carbocycles. The molecule has 2 amide bonds. The molecule has 8 heteroatoms. The first-order valence-electron chi connectivity index (χ1n) is 8.96. The van der Waals surface area contributed by atoms with Crippen LogP contribution >= 0.6 is 23.2 Å². The summed E-state index contributed by atoms with van der Waals surface area (Å²) in [5, 5.41) is 4.01. The average molecular weight is 433 g/mol. The van der Waals surface area contributed by atoms with Gasteiger partial charge in [-0.15, -0.1) is 0 Å². The molecule has 1 N–H and O–H groups in total. The van der Waals surface area contributed by atoms with Crippen molar-refractivity contribution in [2.45, 2.75) is 13.3 Å². The third kappa shape index (κ3) is 4.96. The molecule has 1 heterocycles. The summed E-state index contributed by atoms with van der Waals surface area (Å²) in [6.45, 7) is 1.92. The molecular formula is C21H18Cl2N2O4. The van der Waals surface area contributed by atoms with E-state index in [0.29, 0.717) is 39.7 Å². The maximum absolute atomic E-state index is 12.9. The van der Waals surface area contributed by atoms with E-state index in [0.717, 1.165) is 0 Å². The Balaban J connectivity index is 1.83. The van der Waals surface area contributed by atoms with E-state index >= 15 is 0 Å². The van der Waals surface area contributed by atoms with E-state index in [4.69, 9.17) is 27.6 Å². The van der Waals surface area contributed by atoms with Crippen LogP contribution in [0.4, 0.5) is 5.69 Å². The molecule has 0 radical (unpaired) electrons. The Morgan fingerprint density at radius 2 is 1.86 bits per heavy atom. The molecule has 0 saturated heterocycles. The summed E-state index contributed by atoms with van der Waals surface area (Å²) in [5.74, 6) is -1.03. The number of fused-ring (bicyclic) bond motifs is 1. The van der Waals surface area contributed by atoms with Crippen molar-refractivity contribution < 1.29 is 14.0 Å². The molecule has 0 aliphatic rings. The molecule has 3 rings (SSSR count). The van der Waals surface area contributed by atoms with E-state index in [1.165, 1.54) is 17.0 Å². The quantitative estimate of drug-likeness (QED) is 0.577. The number of hydrogen-bond donors (Lipinski definition) is 1. The first-order chi connectivity index (χ1) is 13.9. The summed E-state index contributed by atoms with van der Waals surface area (Å²) in [5.41, 5.74) is -0.124. The van der Waals surface area contributed by atoms with Gasteiger partial charge in [-0.3, -0.25) is 9.59 Å². The molecule has 0 aliphatic heterocycles. The van der Waals surface area contributed by atoms with Crippen molar-refractivity contribution in [2.24, 2.45) is 0 Å². The second-order valence-electron chi connectivity index (χ2n) is 6.38. The normalized spacial score (nSPS) is 10.7. The highest BCUT2D eigenvalue weighted by atomic mass is 35.5. The lowest BCUT2D eigenvalue weighted by Gasteiger charge is -2.21. The van der Waals surface area contributed by atoms with Gasteiger partial charge in [-0.25, -0.2) is 4.79 Å². The van der Waals surface area contributed by atoms with Crippen LogP contribution in [0, 0.1) is 0 Å². The van der Waals surface area contributed by atoms with Crippen molar-refractivity contribution in [1.82, 2.24) is 4.90 Å². The van der Waals surface area contributed by atoms with Gasteiger partial charge in [-0.2, -0.15) is 0 Å². The van der Waals surface area contributed by atoms with Crippen LogP contribution in [0.2, 0.25) is 10.0 Å². The highest BCUT2D eigenvalue weighted by Crippen LogP contribution is 2.25. The topological polar surface area (TPSA) is 79.6 Å². The fourth-order valence-electron chi connectivity index (χ4n) is 2.86. The number of nitrogens with one attached hydrogen (secondary N) is 1. The van der Waals surface area contributed by atoms with E-state index in [9.17, 15) is 14.4 Å². The number of nitrogens with zero attached hydrogens (tertiary/aromatic N) is 1. The number of amides is 2. The maximum atomic E-state index is 12.9. The molecule has 6 nitrogen and oxygen atoms in total. The van der Waals surface area contributed by atoms with Gasteiger partial charge in [0.1, 0.15) is 17.7 Å².